The summed E-state index contributed by atoms with van der Waals surface area (Å²) in [6, 6.07) is 0. The average molecular weight is 210 g/mol. The highest BCUT2D eigenvalue weighted by molar-refractivity contribution is 5.38. The highest BCUT2D eigenvalue weighted by Crippen LogP contribution is 2.42. The molecule has 6 nitrogen and oxygen atoms in total. The fourth-order valence-electron chi connectivity index (χ4n) is 2.44. The van der Waals surface area contributed by atoms with E-state index in [0.29, 0.717) is 12.1 Å². The maximum Gasteiger partial charge on any atom is 0.346 e. The Balaban J connectivity index is 2.42. The number of hydrogen-bond acceptors (Lipinski definition) is 4. The summed E-state index contributed by atoms with van der Waals surface area (Å²) < 4.78 is 0. The minimum atomic E-state index is -0.419. The molecule has 6 heteroatoms. The molecule has 0 atom stereocenters. The Hall–Kier alpha value is -1.43. The predicted molar refractivity (Wildman–Crippen MR) is 54.4 cm³/mol. The monoisotopic (exact) mass is 210 g/mol. The normalized spacial score (nSPS) is 19.3. The maximum absolute atomic E-state index is 10.8. The van der Waals surface area contributed by atoms with Crippen molar-refractivity contribution in [3.8, 4) is 0 Å². The van der Waals surface area contributed by atoms with E-state index in [-0.39, 0.29) is 11.2 Å². The third-order valence-electron chi connectivity index (χ3n) is 3.32. The van der Waals surface area contributed by atoms with Crippen LogP contribution < -0.4 is 5.73 Å². The van der Waals surface area contributed by atoms with Crippen LogP contribution in [0.4, 0.5) is 5.82 Å². The average Bonchev–Trinajstić information content (AvgIpc) is 2.87. The molecule has 1 saturated carbocycles. The predicted octanol–water partition coefficient (Wildman–Crippen LogP) is 1.09. The highest BCUT2D eigenvalue weighted by Gasteiger charge is 2.40. The van der Waals surface area contributed by atoms with Crippen LogP contribution in [0.25, 0.3) is 0 Å². The molecule has 3 N–H and O–H groups in total. The molecule has 1 aliphatic carbocycles. The molecule has 2 rings (SSSR count). The van der Waals surface area contributed by atoms with Gasteiger partial charge in [0, 0.05) is 12.0 Å². The Bertz CT molecular complexity index is 368. The molecular weight excluding hydrogens is 196 g/mol. The van der Waals surface area contributed by atoms with Crippen molar-refractivity contribution in [2.45, 2.75) is 31.1 Å². The smallest absolute Gasteiger partial charge is 0.346 e. The van der Waals surface area contributed by atoms with Crippen LogP contribution in [0, 0.1) is 10.1 Å². The quantitative estimate of drug-likeness (QED) is 0.576. The van der Waals surface area contributed by atoms with Gasteiger partial charge in [-0.2, -0.15) is 0 Å². The minimum absolute atomic E-state index is 0.00218. The number of rotatable bonds is 3. The lowest BCUT2D eigenvalue weighted by Gasteiger charge is -2.24. The Morgan fingerprint density at radius 2 is 2.27 bits per heavy atom. The fourth-order valence-corrected chi connectivity index (χ4v) is 2.44. The molecule has 1 heterocycles. The molecule has 15 heavy (non-hydrogen) atoms. The SMILES string of the molecule is NCC1(c2cn[nH]c2[N+](=O)[O-])CCCC1. The van der Waals surface area contributed by atoms with Crippen LogP contribution in [-0.2, 0) is 5.41 Å². The van der Waals surface area contributed by atoms with E-state index in [1.54, 1.807) is 6.20 Å². The van der Waals surface area contributed by atoms with Crippen LogP contribution in [0.1, 0.15) is 31.2 Å². The standard InChI is InChI=1S/C9H14N4O2/c10-6-9(3-1-2-4-9)7-5-11-12-8(7)13(14)15/h5H,1-4,6,10H2,(H,11,12). The molecule has 0 amide bonds. The summed E-state index contributed by atoms with van der Waals surface area (Å²) in [5.41, 5.74) is 6.21. The fraction of sp³-hybridized carbons (Fsp3) is 0.667. The Labute approximate surface area is 87.0 Å². The Morgan fingerprint density at radius 1 is 1.60 bits per heavy atom. The second-order valence-electron chi connectivity index (χ2n) is 4.08. The van der Waals surface area contributed by atoms with Crippen molar-refractivity contribution in [3.05, 3.63) is 21.9 Å². The van der Waals surface area contributed by atoms with Gasteiger partial charge < -0.3 is 15.8 Å². The molecule has 0 radical (unpaired) electrons. The Morgan fingerprint density at radius 3 is 2.80 bits per heavy atom. The molecule has 1 fully saturated rings. The van der Waals surface area contributed by atoms with Gasteiger partial charge in [0.2, 0.25) is 0 Å². The number of nitrogens with one attached hydrogen (secondary N) is 1. The molecule has 0 aliphatic heterocycles. The van der Waals surface area contributed by atoms with E-state index in [9.17, 15) is 10.1 Å². The number of nitro groups is 1. The molecule has 82 valence electrons. The molecule has 1 aromatic rings. The molecule has 1 aromatic heterocycles. The van der Waals surface area contributed by atoms with E-state index in [0.717, 1.165) is 25.7 Å². The summed E-state index contributed by atoms with van der Waals surface area (Å²) in [5, 5.41) is 17.0. The molecule has 1 aliphatic rings. The molecule has 0 unspecified atom stereocenters. The van der Waals surface area contributed by atoms with Crippen molar-refractivity contribution in [1.82, 2.24) is 10.2 Å². The number of H-pyrrole nitrogens is 1. The first-order valence-electron chi connectivity index (χ1n) is 5.08. The Kier molecular flexibility index (Phi) is 2.44. The molecule has 0 spiro atoms. The van der Waals surface area contributed by atoms with Gasteiger partial charge >= 0.3 is 5.82 Å². The van der Waals surface area contributed by atoms with Crippen molar-refractivity contribution in [3.63, 3.8) is 0 Å². The third-order valence-corrected chi connectivity index (χ3v) is 3.32. The van der Waals surface area contributed by atoms with Crippen molar-refractivity contribution in [2.24, 2.45) is 5.73 Å². The topological polar surface area (TPSA) is 97.8 Å². The first-order valence-corrected chi connectivity index (χ1v) is 5.08. The highest BCUT2D eigenvalue weighted by atomic mass is 16.6. The van der Waals surface area contributed by atoms with Gasteiger partial charge in [0.05, 0.1) is 11.8 Å². The van der Waals surface area contributed by atoms with E-state index in [1.807, 2.05) is 0 Å². The van der Waals surface area contributed by atoms with Crippen molar-refractivity contribution >= 4 is 5.82 Å². The lowest BCUT2D eigenvalue weighted by molar-refractivity contribution is -0.390. The number of nitrogens with two attached hydrogens (primary N) is 1. The molecule has 0 aromatic carbocycles. The van der Waals surface area contributed by atoms with Crippen molar-refractivity contribution < 1.29 is 4.92 Å². The number of aromatic nitrogens is 2. The molecule has 0 saturated heterocycles. The number of nitrogens with zero attached hydrogens (tertiary/aromatic N) is 2. The summed E-state index contributed by atoms with van der Waals surface area (Å²) >= 11 is 0. The van der Waals surface area contributed by atoms with Gasteiger partial charge in [-0.1, -0.05) is 17.9 Å². The van der Waals surface area contributed by atoms with Gasteiger partial charge in [-0.15, -0.1) is 5.10 Å². The largest absolute Gasteiger partial charge is 0.358 e. The summed E-state index contributed by atoms with van der Waals surface area (Å²) in [7, 11) is 0. The number of aromatic amines is 1. The van der Waals surface area contributed by atoms with Crippen LogP contribution in [0.15, 0.2) is 6.20 Å². The second-order valence-corrected chi connectivity index (χ2v) is 4.08. The van der Waals surface area contributed by atoms with E-state index < -0.39 is 4.92 Å². The van der Waals surface area contributed by atoms with Gasteiger partial charge in [0.25, 0.3) is 0 Å². The summed E-state index contributed by atoms with van der Waals surface area (Å²) in [4.78, 5) is 10.4. The lowest BCUT2D eigenvalue weighted by atomic mass is 9.80. The first-order chi connectivity index (χ1) is 7.19. The van der Waals surface area contributed by atoms with Crippen molar-refractivity contribution in [2.75, 3.05) is 6.54 Å². The summed E-state index contributed by atoms with van der Waals surface area (Å²) in [6.45, 7) is 0.452. The zero-order chi connectivity index (χ0) is 10.9. The maximum atomic E-state index is 10.8. The van der Waals surface area contributed by atoms with Crippen LogP contribution in [0.3, 0.4) is 0 Å². The third kappa shape index (κ3) is 1.50. The minimum Gasteiger partial charge on any atom is -0.358 e. The second kappa shape index (κ2) is 3.62. The molecular formula is C9H14N4O2. The van der Waals surface area contributed by atoms with E-state index in [2.05, 4.69) is 10.2 Å². The zero-order valence-corrected chi connectivity index (χ0v) is 8.40. The van der Waals surface area contributed by atoms with E-state index in [4.69, 9.17) is 5.73 Å². The lowest BCUT2D eigenvalue weighted by Crippen LogP contribution is -2.32. The van der Waals surface area contributed by atoms with E-state index >= 15 is 0 Å². The van der Waals surface area contributed by atoms with Gasteiger partial charge in [0.1, 0.15) is 0 Å². The van der Waals surface area contributed by atoms with Crippen molar-refractivity contribution in [1.29, 1.82) is 0 Å². The van der Waals surface area contributed by atoms with Crippen LogP contribution in [0.5, 0.6) is 0 Å². The summed E-state index contributed by atoms with van der Waals surface area (Å²) in [6.07, 6.45) is 5.56. The van der Waals surface area contributed by atoms with E-state index in [1.165, 1.54) is 0 Å². The van der Waals surface area contributed by atoms with Gasteiger partial charge in [-0.05, 0) is 17.8 Å². The molecule has 0 bridgehead atoms. The van der Waals surface area contributed by atoms with Crippen LogP contribution >= 0.6 is 0 Å². The zero-order valence-electron chi connectivity index (χ0n) is 8.40. The van der Waals surface area contributed by atoms with Gasteiger partial charge in [-0.25, -0.2) is 0 Å². The summed E-state index contributed by atoms with van der Waals surface area (Å²) in [5.74, 6) is 0.00218. The number of hydrogen-bond donors (Lipinski definition) is 2. The van der Waals surface area contributed by atoms with Gasteiger partial charge in [0.15, 0.2) is 0 Å². The van der Waals surface area contributed by atoms with Crippen LogP contribution in [0.2, 0.25) is 0 Å². The van der Waals surface area contributed by atoms with Crippen LogP contribution in [-0.4, -0.2) is 21.7 Å². The first kappa shape index (κ1) is 10.1. The van der Waals surface area contributed by atoms with Gasteiger partial charge in [-0.3, -0.25) is 0 Å².